The molecule has 0 heterocycles. The van der Waals surface area contributed by atoms with Crippen LogP contribution < -0.4 is 5.73 Å². The summed E-state index contributed by atoms with van der Waals surface area (Å²) >= 11 is 0. The lowest BCUT2D eigenvalue weighted by molar-refractivity contribution is -0.149. The van der Waals surface area contributed by atoms with E-state index < -0.39 is 35.2 Å². The van der Waals surface area contributed by atoms with Gasteiger partial charge in [-0.05, 0) is 18.6 Å². The predicted molar refractivity (Wildman–Crippen MR) is 45.7 cm³/mol. The number of aryl methyl sites for hydroxylation is 1. The second-order valence-electron chi connectivity index (χ2n) is 3.28. The topological polar surface area (TPSA) is 46.2 Å². The standard InChI is InChI=1S/C9H8F5NO/c1-3-2-4(8(15)9(12,13)14)7(16)6(11)5(3)10/h2,8,16H,15H2,1H3/t8-/m0/s1. The maximum Gasteiger partial charge on any atom is 0.407 e. The zero-order valence-electron chi connectivity index (χ0n) is 8.07. The van der Waals surface area contributed by atoms with Gasteiger partial charge in [0.25, 0.3) is 0 Å². The first-order valence-corrected chi connectivity index (χ1v) is 4.16. The number of nitrogens with two attached hydrogens (primary N) is 1. The molecule has 0 aliphatic carbocycles. The Bertz CT molecular complexity index is 415. The van der Waals surface area contributed by atoms with Crippen molar-refractivity contribution in [2.24, 2.45) is 5.73 Å². The molecule has 1 aromatic carbocycles. The van der Waals surface area contributed by atoms with Gasteiger partial charge in [-0.25, -0.2) is 4.39 Å². The van der Waals surface area contributed by atoms with Crippen molar-refractivity contribution in [3.63, 3.8) is 0 Å². The third kappa shape index (κ3) is 2.08. The molecular formula is C9H8F5NO. The number of benzene rings is 1. The number of phenolic OH excluding ortho intramolecular Hbond substituents is 1. The van der Waals surface area contributed by atoms with Crippen molar-refractivity contribution in [2.75, 3.05) is 0 Å². The molecule has 0 saturated carbocycles. The Labute approximate surface area is 87.5 Å². The number of hydrogen-bond acceptors (Lipinski definition) is 2. The molecular weight excluding hydrogens is 233 g/mol. The Morgan fingerprint density at radius 3 is 2.19 bits per heavy atom. The SMILES string of the molecule is Cc1cc([C@H](N)C(F)(F)F)c(O)c(F)c1F. The summed E-state index contributed by atoms with van der Waals surface area (Å²) in [4.78, 5) is 0. The molecule has 0 amide bonds. The van der Waals surface area contributed by atoms with Crippen LogP contribution in [0.25, 0.3) is 0 Å². The molecule has 0 aromatic heterocycles. The zero-order chi connectivity index (χ0) is 12.7. The van der Waals surface area contributed by atoms with Crippen LogP contribution in [0.15, 0.2) is 6.07 Å². The Kier molecular flexibility index (Phi) is 3.09. The van der Waals surface area contributed by atoms with Crippen molar-refractivity contribution in [3.8, 4) is 5.75 Å². The Morgan fingerprint density at radius 2 is 1.75 bits per heavy atom. The van der Waals surface area contributed by atoms with Crippen molar-refractivity contribution in [2.45, 2.75) is 19.1 Å². The van der Waals surface area contributed by atoms with Gasteiger partial charge in [-0.15, -0.1) is 0 Å². The molecule has 1 atom stereocenters. The quantitative estimate of drug-likeness (QED) is 0.742. The lowest BCUT2D eigenvalue weighted by Crippen LogP contribution is -2.28. The van der Waals surface area contributed by atoms with Crippen molar-refractivity contribution in [1.82, 2.24) is 0 Å². The highest BCUT2D eigenvalue weighted by atomic mass is 19.4. The van der Waals surface area contributed by atoms with Gasteiger partial charge in [-0.1, -0.05) is 0 Å². The zero-order valence-corrected chi connectivity index (χ0v) is 8.07. The number of rotatable bonds is 1. The maximum atomic E-state index is 13.0. The largest absolute Gasteiger partial charge is 0.505 e. The highest BCUT2D eigenvalue weighted by molar-refractivity contribution is 5.40. The molecule has 90 valence electrons. The summed E-state index contributed by atoms with van der Waals surface area (Å²) in [7, 11) is 0. The molecule has 0 radical (unpaired) electrons. The van der Waals surface area contributed by atoms with Crippen molar-refractivity contribution in [3.05, 3.63) is 28.8 Å². The van der Waals surface area contributed by atoms with E-state index in [1.54, 1.807) is 0 Å². The van der Waals surface area contributed by atoms with Gasteiger partial charge in [0, 0.05) is 5.56 Å². The third-order valence-corrected chi connectivity index (χ3v) is 2.08. The summed E-state index contributed by atoms with van der Waals surface area (Å²) in [6.45, 7) is 1.07. The minimum absolute atomic E-state index is 0.356. The van der Waals surface area contributed by atoms with Crippen molar-refractivity contribution in [1.29, 1.82) is 0 Å². The van der Waals surface area contributed by atoms with E-state index in [4.69, 9.17) is 10.8 Å². The molecule has 0 aliphatic rings. The predicted octanol–water partition coefficient (Wildman–Crippen LogP) is 2.54. The Hall–Kier alpha value is -1.37. The van der Waals surface area contributed by atoms with Gasteiger partial charge >= 0.3 is 6.18 Å². The molecule has 0 spiro atoms. The minimum atomic E-state index is -4.84. The van der Waals surface area contributed by atoms with Gasteiger partial charge < -0.3 is 10.8 Å². The van der Waals surface area contributed by atoms with Crippen LogP contribution in [0.4, 0.5) is 22.0 Å². The van der Waals surface area contributed by atoms with Gasteiger partial charge in [-0.2, -0.15) is 17.6 Å². The average molecular weight is 241 g/mol. The fourth-order valence-electron chi connectivity index (χ4n) is 1.18. The van der Waals surface area contributed by atoms with E-state index in [0.29, 0.717) is 6.07 Å². The van der Waals surface area contributed by atoms with Crippen LogP contribution in [0.3, 0.4) is 0 Å². The molecule has 7 heteroatoms. The van der Waals surface area contributed by atoms with E-state index in [2.05, 4.69) is 0 Å². The highest BCUT2D eigenvalue weighted by Gasteiger charge is 2.40. The second kappa shape index (κ2) is 3.89. The lowest BCUT2D eigenvalue weighted by atomic mass is 10.0. The smallest absolute Gasteiger partial charge is 0.407 e. The minimum Gasteiger partial charge on any atom is -0.505 e. The summed E-state index contributed by atoms with van der Waals surface area (Å²) in [5.41, 5.74) is 3.54. The van der Waals surface area contributed by atoms with Crippen LogP contribution >= 0.6 is 0 Å². The third-order valence-electron chi connectivity index (χ3n) is 2.08. The van der Waals surface area contributed by atoms with Crippen LogP contribution in [0.1, 0.15) is 17.2 Å². The number of hydrogen-bond donors (Lipinski definition) is 2. The molecule has 3 N–H and O–H groups in total. The van der Waals surface area contributed by atoms with E-state index in [-0.39, 0.29) is 5.56 Å². The number of alkyl halides is 3. The molecule has 0 fully saturated rings. The van der Waals surface area contributed by atoms with Gasteiger partial charge in [0.2, 0.25) is 5.82 Å². The maximum absolute atomic E-state index is 13.0. The average Bonchev–Trinajstić information content (AvgIpc) is 2.18. The first-order valence-electron chi connectivity index (χ1n) is 4.16. The number of phenols is 1. The summed E-state index contributed by atoms with van der Waals surface area (Å²) in [5.74, 6) is -4.53. The first-order chi connectivity index (χ1) is 7.16. The van der Waals surface area contributed by atoms with Crippen LogP contribution in [-0.2, 0) is 0 Å². The van der Waals surface area contributed by atoms with E-state index in [0.717, 1.165) is 6.92 Å². The molecule has 2 nitrogen and oxygen atoms in total. The normalized spacial score (nSPS) is 13.9. The van der Waals surface area contributed by atoms with E-state index in [9.17, 15) is 22.0 Å². The molecule has 0 saturated heterocycles. The molecule has 16 heavy (non-hydrogen) atoms. The van der Waals surface area contributed by atoms with Gasteiger partial charge in [-0.3, -0.25) is 0 Å². The lowest BCUT2D eigenvalue weighted by Gasteiger charge is -2.18. The van der Waals surface area contributed by atoms with Crippen LogP contribution in [-0.4, -0.2) is 11.3 Å². The van der Waals surface area contributed by atoms with Crippen LogP contribution in [0, 0.1) is 18.6 Å². The fourth-order valence-corrected chi connectivity index (χ4v) is 1.18. The van der Waals surface area contributed by atoms with Crippen LogP contribution in [0.2, 0.25) is 0 Å². The van der Waals surface area contributed by atoms with E-state index in [1.807, 2.05) is 0 Å². The Morgan fingerprint density at radius 1 is 1.25 bits per heavy atom. The number of halogens is 5. The molecule has 1 aromatic rings. The molecule has 1 rings (SSSR count). The van der Waals surface area contributed by atoms with Gasteiger partial charge in [0.1, 0.15) is 6.04 Å². The monoisotopic (exact) mass is 241 g/mol. The van der Waals surface area contributed by atoms with Crippen molar-refractivity contribution < 1.29 is 27.1 Å². The van der Waals surface area contributed by atoms with Gasteiger partial charge in [0.15, 0.2) is 11.6 Å². The van der Waals surface area contributed by atoms with E-state index in [1.165, 1.54) is 0 Å². The highest BCUT2D eigenvalue weighted by Crippen LogP contribution is 2.37. The molecule has 0 aliphatic heterocycles. The summed E-state index contributed by atoms with van der Waals surface area (Å²) in [5, 5.41) is 9.04. The summed E-state index contributed by atoms with van der Waals surface area (Å²) in [6, 6.07) is -1.88. The molecule has 0 unspecified atom stereocenters. The number of aromatic hydroxyl groups is 1. The molecule has 0 bridgehead atoms. The second-order valence-corrected chi connectivity index (χ2v) is 3.28. The van der Waals surface area contributed by atoms with Crippen molar-refractivity contribution >= 4 is 0 Å². The van der Waals surface area contributed by atoms with Gasteiger partial charge in [0.05, 0.1) is 0 Å². The summed E-state index contributed by atoms with van der Waals surface area (Å²) < 4.78 is 62.5. The first kappa shape index (κ1) is 12.7. The fraction of sp³-hybridized carbons (Fsp3) is 0.333. The van der Waals surface area contributed by atoms with Crippen LogP contribution in [0.5, 0.6) is 5.75 Å². The summed E-state index contributed by atoms with van der Waals surface area (Å²) in [6.07, 6.45) is -4.84. The van der Waals surface area contributed by atoms with E-state index >= 15 is 0 Å². The Balaban J connectivity index is 3.36.